The van der Waals surface area contributed by atoms with Crippen LogP contribution in [0.5, 0.6) is 5.75 Å². The first-order valence-electron chi connectivity index (χ1n) is 4.97. The van der Waals surface area contributed by atoms with Gasteiger partial charge in [0.1, 0.15) is 5.75 Å². The van der Waals surface area contributed by atoms with Gasteiger partial charge in [0.2, 0.25) is 0 Å². The van der Waals surface area contributed by atoms with E-state index < -0.39 is 0 Å². The lowest BCUT2D eigenvalue weighted by molar-refractivity contribution is 0.479. The van der Waals surface area contributed by atoms with Crippen molar-refractivity contribution in [2.75, 3.05) is 0 Å². The first kappa shape index (κ1) is 9.36. The molecular formula is C13H9NOS. The van der Waals surface area contributed by atoms with Gasteiger partial charge < -0.3 is 5.11 Å². The second kappa shape index (κ2) is 3.61. The topological polar surface area (TPSA) is 33.1 Å². The molecule has 0 aliphatic rings. The fourth-order valence-electron chi connectivity index (χ4n) is 1.75. The molecule has 0 radical (unpaired) electrons. The van der Waals surface area contributed by atoms with Gasteiger partial charge in [-0.25, -0.2) is 0 Å². The van der Waals surface area contributed by atoms with Gasteiger partial charge in [-0.3, -0.25) is 4.98 Å². The fourth-order valence-corrected chi connectivity index (χ4v) is 2.67. The van der Waals surface area contributed by atoms with Gasteiger partial charge >= 0.3 is 0 Å². The molecule has 0 atom stereocenters. The lowest BCUT2D eigenvalue weighted by atomic mass is 10.1. The van der Waals surface area contributed by atoms with Crippen LogP contribution in [-0.2, 0) is 0 Å². The molecule has 1 N–H and O–H groups in total. The molecule has 3 aromatic rings. The van der Waals surface area contributed by atoms with Crippen LogP contribution in [-0.4, -0.2) is 10.1 Å². The zero-order chi connectivity index (χ0) is 11.0. The zero-order valence-corrected chi connectivity index (χ0v) is 9.24. The second-order valence-electron chi connectivity index (χ2n) is 3.52. The third-order valence-corrected chi connectivity index (χ3v) is 3.44. The quantitative estimate of drug-likeness (QED) is 0.688. The molecular weight excluding hydrogens is 218 g/mol. The van der Waals surface area contributed by atoms with Gasteiger partial charge in [-0.15, -0.1) is 11.3 Å². The maximum absolute atomic E-state index is 9.68. The molecule has 1 aromatic carbocycles. The maximum Gasteiger partial charge on any atom is 0.142 e. The van der Waals surface area contributed by atoms with E-state index in [1.54, 1.807) is 11.3 Å². The van der Waals surface area contributed by atoms with Crippen LogP contribution < -0.4 is 0 Å². The predicted molar refractivity (Wildman–Crippen MR) is 66.7 cm³/mol. The van der Waals surface area contributed by atoms with E-state index in [2.05, 4.69) is 4.98 Å². The fraction of sp³-hybridized carbons (Fsp3) is 0. The van der Waals surface area contributed by atoms with Crippen LogP contribution in [0.2, 0.25) is 0 Å². The summed E-state index contributed by atoms with van der Waals surface area (Å²) in [6.45, 7) is 0. The largest absolute Gasteiger partial charge is 0.506 e. The minimum absolute atomic E-state index is 0.246. The molecule has 0 amide bonds. The van der Waals surface area contributed by atoms with Gasteiger partial charge in [-0.1, -0.05) is 30.3 Å². The predicted octanol–water partition coefficient (Wildman–Crippen LogP) is 3.67. The summed E-state index contributed by atoms with van der Waals surface area (Å²) in [4.78, 5) is 4.31. The van der Waals surface area contributed by atoms with Gasteiger partial charge in [0.15, 0.2) is 0 Å². The number of thiophene rings is 1. The highest BCUT2D eigenvalue weighted by atomic mass is 32.1. The van der Waals surface area contributed by atoms with Crippen LogP contribution >= 0.6 is 11.3 Å². The van der Waals surface area contributed by atoms with Gasteiger partial charge in [0.05, 0.1) is 16.6 Å². The Morgan fingerprint density at radius 2 is 1.88 bits per heavy atom. The summed E-state index contributed by atoms with van der Waals surface area (Å²) in [5.74, 6) is 0.246. The highest BCUT2D eigenvalue weighted by Crippen LogP contribution is 2.35. The Morgan fingerprint density at radius 3 is 2.69 bits per heavy atom. The number of aromatic nitrogens is 1. The van der Waals surface area contributed by atoms with Crippen molar-refractivity contribution in [2.24, 2.45) is 0 Å². The molecule has 0 saturated heterocycles. The lowest BCUT2D eigenvalue weighted by Crippen LogP contribution is -1.83. The van der Waals surface area contributed by atoms with Crippen LogP contribution in [0.15, 0.2) is 48.0 Å². The smallest absolute Gasteiger partial charge is 0.142 e. The van der Waals surface area contributed by atoms with E-state index in [9.17, 15) is 5.11 Å². The first-order valence-corrected chi connectivity index (χ1v) is 5.85. The van der Waals surface area contributed by atoms with E-state index in [1.165, 1.54) is 6.20 Å². The standard InChI is InChI=1S/C13H9NOS/c15-11-8-14-12(9-4-2-1-3-5-9)13-10(11)6-7-16-13/h1-8,15H. The number of benzene rings is 1. The van der Waals surface area contributed by atoms with Crippen LogP contribution in [0.3, 0.4) is 0 Å². The van der Waals surface area contributed by atoms with E-state index in [4.69, 9.17) is 0 Å². The van der Waals surface area contributed by atoms with Gasteiger partial charge in [0, 0.05) is 10.9 Å². The van der Waals surface area contributed by atoms with Crippen molar-refractivity contribution in [3.05, 3.63) is 48.0 Å². The van der Waals surface area contributed by atoms with E-state index in [-0.39, 0.29) is 5.75 Å². The summed E-state index contributed by atoms with van der Waals surface area (Å²) >= 11 is 1.60. The number of hydrogen-bond acceptors (Lipinski definition) is 3. The van der Waals surface area contributed by atoms with Crippen molar-refractivity contribution < 1.29 is 5.11 Å². The second-order valence-corrected chi connectivity index (χ2v) is 4.44. The summed E-state index contributed by atoms with van der Waals surface area (Å²) in [6.07, 6.45) is 1.51. The van der Waals surface area contributed by atoms with E-state index in [0.717, 1.165) is 21.3 Å². The Bertz CT molecular complexity index is 631. The highest BCUT2D eigenvalue weighted by molar-refractivity contribution is 7.17. The average Bonchev–Trinajstić information content (AvgIpc) is 2.81. The van der Waals surface area contributed by atoms with E-state index >= 15 is 0 Å². The minimum Gasteiger partial charge on any atom is -0.506 e. The Balaban J connectivity index is 2.33. The van der Waals surface area contributed by atoms with Crippen LogP contribution in [0.25, 0.3) is 21.3 Å². The molecule has 0 unspecified atom stereocenters. The number of hydrogen-bond donors (Lipinski definition) is 1. The van der Waals surface area contributed by atoms with Crippen molar-refractivity contribution in [3.8, 4) is 17.0 Å². The summed E-state index contributed by atoms with van der Waals surface area (Å²) in [7, 11) is 0. The molecule has 78 valence electrons. The van der Waals surface area contributed by atoms with Crippen molar-refractivity contribution in [2.45, 2.75) is 0 Å². The molecule has 0 aliphatic carbocycles. The number of pyridine rings is 1. The molecule has 0 fully saturated rings. The Morgan fingerprint density at radius 1 is 1.06 bits per heavy atom. The number of fused-ring (bicyclic) bond motifs is 1. The minimum atomic E-state index is 0.246. The number of aromatic hydroxyl groups is 1. The van der Waals surface area contributed by atoms with Crippen LogP contribution in [0, 0.1) is 0 Å². The van der Waals surface area contributed by atoms with Gasteiger partial charge in [-0.2, -0.15) is 0 Å². The molecule has 2 nitrogen and oxygen atoms in total. The SMILES string of the molecule is Oc1cnc(-c2ccccc2)c2sccc12. The molecule has 0 aliphatic heterocycles. The average molecular weight is 227 g/mol. The van der Waals surface area contributed by atoms with Gasteiger partial charge in [-0.05, 0) is 11.4 Å². The van der Waals surface area contributed by atoms with Crippen molar-refractivity contribution in [1.82, 2.24) is 4.98 Å². The van der Waals surface area contributed by atoms with E-state index in [1.807, 2.05) is 41.8 Å². The zero-order valence-electron chi connectivity index (χ0n) is 8.42. The number of nitrogens with zero attached hydrogens (tertiary/aromatic N) is 1. The van der Waals surface area contributed by atoms with Crippen molar-refractivity contribution in [1.29, 1.82) is 0 Å². The van der Waals surface area contributed by atoms with Crippen LogP contribution in [0.1, 0.15) is 0 Å². The van der Waals surface area contributed by atoms with Crippen molar-refractivity contribution in [3.63, 3.8) is 0 Å². The Hall–Kier alpha value is -1.87. The molecule has 16 heavy (non-hydrogen) atoms. The van der Waals surface area contributed by atoms with Crippen LogP contribution in [0.4, 0.5) is 0 Å². The third-order valence-electron chi connectivity index (χ3n) is 2.52. The molecule has 0 bridgehead atoms. The molecule has 2 aromatic heterocycles. The van der Waals surface area contributed by atoms with E-state index in [0.29, 0.717) is 0 Å². The molecule has 2 heterocycles. The van der Waals surface area contributed by atoms with Gasteiger partial charge in [0.25, 0.3) is 0 Å². The number of rotatable bonds is 1. The summed E-state index contributed by atoms with van der Waals surface area (Å²) < 4.78 is 1.03. The summed E-state index contributed by atoms with van der Waals surface area (Å²) in [6, 6.07) is 11.9. The summed E-state index contributed by atoms with van der Waals surface area (Å²) in [5.41, 5.74) is 2.01. The summed E-state index contributed by atoms with van der Waals surface area (Å²) in [5, 5.41) is 12.5. The molecule has 3 heteroatoms. The highest BCUT2D eigenvalue weighted by Gasteiger charge is 2.09. The molecule has 3 rings (SSSR count). The Labute approximate surface area is 96.8 Å². The first-order chi connectivity index (χ1) is 7.86. The lowest BCUT2D eigenvalue weighted by Gasteiger charge is -2.03. The third kappa shape index (κ3) is 1.37. The van der Waals surface area contributed by atoms with Crippen molar-refractivity contribution >= 4 is 21.4 Å². The monoisotopic (exact) mass is 227 g/mol. The molecule has 0 saturated carbocycles. The molecule has 0 spiro atoms. The normalized spacial score (nSPS) is 10.8. The Kier molecular flexibility index (Phi) is 2.11. The maximum atomic E-state index is 9.68.